The maximum Gasteiger partial charge on any atom is 0.306 e. The van der Waals surface area contributed by atoms with Crippen LogP contribution in [0.2, 0.25) is 0 Å². The number of ether oxygens (including phenoxy) is 1. The Morgan fingerprint density at radius 3 is 2.83 bits per heavy atom. The summed E-state index contributed by atoms with van der Waals surface area (Å²) < 4.78 is 5.67. The number of nitrogens with one attached hydrogen (secondary N) is 1. The van der Waals surface area contributed by atoms with Crippen molar-refractivity contribution >= 4 is 11.9 Å². The number of carbonyl (C=O) groups is 2. The Bertz CT molecular complexity index is 558. The minimum absolute atomic E-state index is 0.0433. The Kier molecular flexibility index (Phi) is 7.09. The van der Waals surface area contributed by atoms with Crippen molar-refractivity contribution in [3.8, 4) is 5.75 Å². The Morgan fingerprint density at radius 1 is 1.29 bits per heavy atom. The van der Waals surface area contributed by atoms with E-state index < -0.39 is 5.97 Å². The van der Waals surface area contributed by atoms with Gasteiger partial charge in [0.15, 0.2) is 0 Å². The van der Waals surface area contributed by atoms with Gasteiger partial charge in [-0.05, 0) is 43.4 Å². The first-order chi connectivity index (χ1) is 11.6. The summed E-state index contributed by atoms with van der Waals surface area (Å²) in [6, 6.07) is 7.73. The molecule has 2 N–H and O–H groups in total. The standard InChI is InChI=1S/C19H27NO4/c1-2-3-10-24-17-9-4-6-14(11-17)13-20-18(21)15-7-5-8-16(12-15)19(22)23/h4,6,9,11,15-16H,2-3,5,7-8,10,12-13H2,1H3,(H,20,21)(H,22,23). The highest BCUT2D eigenvalue weighted by Crippen LogP contribution is 2.29. The number of hydrogen-bond acceptors (Lipinski definition) is 3. The summed E-state index contributed by atoms with van der Waals surface area (Å²) in [6.07, 6.45) is 4.81. The number of carboxylic acids is 1. The highest BCUT2D eigenvalue weighted by atomic mass is 16.5. The molecule has 1 aromatic rings. The van der Waals surface area contributed by atoms with E-state index in [0.29, 0.717) is 26.0 Å². The van der Waals surface area contributed by atoms with Gasteiger partial charge in [-0.3, -0.25) is 9.59 Å². The molecule has 2 rings (SSSR count). The molecule has 132 valence electrons. The van der Waals surface area contributed by atoms with Crippen molar-refractivity contribution in [1.82, 2.24) is 5.32 Å². The highest BCUT2D eigenvalue weighted by Gasteiger charge is 2.30. The van der Waals surface area contributed by atoms with E-state index in [-0.39, 0.29) is 17.7 Å². The Hall–Kier alpha value is -2.04. The maximum absolute atomic E-state index is 12.3. The molecule has 0 aromatic heterocycles. The van der Waals surface area contributed by atoms with E-state index in [0.717, 1.165) is 37.0 Å². The molecule has 1 amide bonds. The van der Waals surface area contributed by atoms with Gasteiger partial charge < -0.3 is 15.2 Å². The second-order valence-corrected chi connectivity index (χ2v) is 6.47. The molecule has 1 saturated carbocycles. The van der Waals surface area contributed by atoms with Crippen LogP contribution in [0.15, 0.2) is 24.3 Å². The molecular formula is C19H27NO4. The van der Waals surface area contributed by atoms with Crippen molar-refractivity contribution in [2.45, 2.75) is 52.0 Å². The summed E-state index contributed by atoms with van der Waals surface area (Å²) in [5, 5.41) is 12.1. The molecule has 0 bridgehead atoms. The molecule has 2 atom stereocenters. The van der Waals surface area contributed by atoms with Crippen LogP contribution >= 0.6 is 0 Å². The zero-order valence-electron chi connectivity index (χ0n) is 14.3. The monoisotopic (exact) mass is 333 g/mol. The summed E-state index contributed by atoms with van der Waals surface area (Å²) in [6.45, 7) is 3.26. The molecule has 0 spiro atoms. The van der Waals surface area contributed by atoms with E-state index in [4.69, 9.17) is 9.84 Å². The molecular weight excluding hydrogens is 306 g/mol. The van der Waals surface area contributed by atoms with Gasteiger partial charge in [-0.2, -0.15) is 0 Å². The fraction of sp³-hybridized carbons (Fsp3) is 0.579. The maximum atomic E-state index is 12.3. The van der Waals surface area contributed by atoms with Crippen molar-refractivity contribution in [3.63, 3.8) is 0 Å². The van der Waals surface area contributed by atoms with E-state index in [2.05, 4.69) is 12.2 Å². The van der Waals surface area contributed by atoms with Crippen molar-refractivity contribution < 1.29 is 19.4 Å². The molecule has 0 aliphatic heterocycles. The third kappa shape index (κ3) is 5.55. The van der Waals surface area contributed by atoms with Crippen molar-refractivity contribution in [3.05, 3.63) is 29.8 Å². The van der Waals surface area contributed by atoms with Crippen molar-refractivity contribution in [2.24, 2.45) is 11.8 Å². The summed E-state index contributed by atoms with van der Waals surface area (Å²) >= 11 is 0. The number of carbonyl (C=O) groups excluding carboxylic acids is 1. The van der Waals surface area contributed by atoms with Gasteiger partial charge in [0.1, 0.15) is 5.75 Å². The molecule has 1 aliphatic rings. The van der Waals surface area contributed by atoms with Crippen LogP contribution in [0.25, 0.3) is 0 Å². The Labute approximate surface area is 143 Å². The van der Waals surface area contributed by atoms with Crippen LogP contribution in [0.1, 0.15) is 51.0 Å². The van der Waals surface area contributed by atoms with Gasteiger partial charge in [0.05, 0.1) is 12.5 Å². The highest BCUT2D eigenvalue weighted by molar-refractivity contribution is 5.80. The molecule has 1 fully saturated rings. The van der Waals surface area contributed by atoms with Gasteiger partial charge in [0, 0.05) is 12.5 Å². The number of hydrogen-bond donors (Lipinski definition) is 2. The quantitative estimate of drug-likeness (QED) is 0.715. The first-order valence-electron chi connectivity index (χ1n) is 8.82. The molecule has 1 aliphatic carbocycles. The number of amides is 1. The van der Waals surface area contributed by atoms with Crippen LogP contribution in [-0.4, -0.2) is 23.6 Å². The van der Waals surface area contributed by atoms with Crippen molar-refractivity contribution in [1.29, 1.82) is 0 Å². The second-order valence-electron chi connectivity index (χ2n) is 6.47. The molecule has 0 saturated heterocycles. The summed E-state index contributed by atoms with van der Waals surface area (Å²) in [4.78, 5) is 23.4. The number of rotatable bonds is 8. The average Bonchev–Trinajstić information content (AvgIpc) is 2.60. The third-order valence-corrected chi connectivity index (χ3v) is 4.53. The molecule has 24 heavy (non-hydrogen) atoms. The van der Waals surface area contributed by atoms with Crippen LogP contribution in [0, 0.1) is 11.8 Å². The smallest absolute Gasteiger partial charge is 0.306 e. The lowest BCUT2D eigenvalue weighted by Gasteiger charge is -2.25. The van der Waals surface area contributed by atoms with Gasteiger partial charge in [0.25, 0.3) is 0 Å². The van der Waals surface area contributed by atoms with Crippen molar-refractivity contribution in [2.75, 3.05) is 6.61 Å². The van der Waals surface area contributed by atoms with E-state index in [9.17, 15) is 9.59 Å². The molecule has 2 unspecified atom stereocenters. The third-order valence-electron chi connectivity index (χ3n) is 4.53. The molecule has 0 radical (unpaired) electrons. The van der Waals surface area contributed by atoms with Crippen LogP contribution < -0.4 is 10.1 Å². The second kappa shape index (κ2) is 9.30. The average molecular weight is 333 g/mol. The molecule has 5 heteroatoms. The normalized spacial score (nSPS) is 20.4. The van der Waals surface area contributed by atoms with Gasteiger partial charge >= 0.3 is 5.97 Å². The zero-order chi connectivity index (χ0) is 17.4. The molecule has 1 aromatic carbocycles. The van der Waals surface area contributed by atoms with Gasteiger partial charge in [-0.15, -0.1) is 0 Å². The Balaban J connectivity index is 1.83. The fourth-order valence-electron chi connectivity index (χ4n) is 3.07. The van der Waals surface area contributed by atoms with E-state index >= 15 is 0 Å². The number of unbranched alkanes of at least 4 members (excludes halogenated alkanes) is 1. The van der Waals surface area contributed by atoms with Crippen LogP contribution in [0.5, 0.6) is 5.75 Å². The SMILES string of the molecule is CCCCOc1cccc(CNC(=O)C2CCCC(C(=O)O)C2)c1. The minimum atomic E-state index is -0.788. The predicted molar refractivity (Wildman–Crippen MR) is 91.8 cm³/mol. The first-order valence-corrected chi connectivity index (χ1v) is 8.82. The summed E-state index contributed by atoms with van der Waals surface area (Å²) in [7, 11) is 0. The van der Waals surface area contributed by atoms with Gasteiger partial charge in [-0.25, -0.2) is 0 Å². The Morgan fingerprint density at radius 2 is 2.08 bits per heavy atom. The number of aliphatic carboxylic acids is 1. The van der Waals surface area contributed by atoms with E-state index in [1.165, 1.54) is 0 Å². The zero-order valence-corrected chi connectivity index (χ0v) is 14.3. The van der Waals surface area contributed by atoms with Gasteiger partial charge in [0.2, 0.25) is 5.91 Å². The van der Waals surface area contributed by atoms with Gasteiger partial charge in [-0.1, -0.05) is 31.9 Å². The van der Waals surface area contributed by atoms with Crippen LogP contribution in [-0.2, 0) is 16.1 Å². The topological polar surface area (TPSA) is 75.6 Å². The lowest BCUT2D eigenvalue weighted by atomic mass is 9.81. The molecule has 5 nitrogen and oxygen atoms in total. The van der Waals surface area contributed by atoms with E-state index in [1.807, 2.05) is 24.3 Å². The largest absolute Gasteiger partial charge is 0.494 e. The lowest BCUT2D eigenvalue weighted by molar-refractivity contribution is -0.144. The summed E-state index contributed by atoms with van der Waals surface area (Å²) in [5.74, 6) is -0.588. The van der Waals surface area contributed by atoms with Crippen LogP contribution in [0.4, 0.5) is 0 Å². The molecule has 0 heterocycles. The predicted octanol–water partition coefficient (Wildman–Crippen LogP) is 3.37. The van der Waals surface area contributed by atoms with Crippen LogP contribution in [0.3, 0.4) is 0 Å². The fourth-order valence-corrected chi connectivity index (χ4v) is 3.07. The first kappa shape index (κ1) is 18.3. The number of benzene rings is 1. The number of carboxylic acid groups (broad SMARTS) is 1. The lowest BCUT2D eigenvalue weighted by Crippen LogP contribution is -2.35. The van der Waals surface area contributed by atoms with E-state index in [1.54, 1.807) is 0 Å². The minimum Gasteiger partial charge on any atom is -0.494 e. The summed E-state index contributed by atoms with van der Waals surface area (Å²) in [5.41, 5.74) is 0.989.